The van der Waals surface area contributed by atoms with Crippen molar-refractivity contribution in [1.82, 2.24) is 19.9 Å². The van der Waals surface area contributed by atoms with Crippen molar-refractivity contribution < 1.29 is 28.9 Å². The van der Waals surface area contributed by atoms with Gasteiger partial charge in [0.05, 0.1) is 66.9 Å². The van der Waals surface area contributed by atoms with Gasteiger partial charge in [0.2, 0.25) is 0 Å². The summed E-state index contributed by atoms with van der Waals surface area (Å²) in [5.41, 5.74) is 8.70. The summed E-state index contributed by atoms with van der Waals surface area (Å²) in [5.74, 6) is 1.85. The van der Waals surface area contributed by atoms with Gasteiger partial charge in [0.1, 0.15) is 45.5 Å². The Bertz CT molecular complexity index is 2910. The van der Waals surface area contributed by atoms with Gasteiger partial charge in [-0.3, -0.25) is 19.6 Å². The van der Waals surface area contributed by atoms with Crippen LogP contribution in [-0.2, 0) is 53.1 Å². The molecule has 0 bridgehead atoms. The van der Waals surface area contributed by atoms with Crippen LogP contribution in [0.5, 0.6) is 11.5 Å². The Labute approximate surface area is 392 Å². The number of carbonyl (C=O) groups is 2. The lowest BCUT2D eigenvalue weighted by Crippen LogP contribution is -2.23. The first-order chi connectivity index (χ1) is 31.6. The normalized spacial score (nSPS) is 17.1. The topological polar surface area (TPSA) is 182 Å². The Morgan fingerprint density at radius 3 is 1.62 bits per heavy atom. The van der Waals surface area contributed by atoms with Gasteiger partial charge in [0.15, 0.2) is 0 Å². The van der Waals surface area contributed by atoms with Crippen molar-refractivity contribution in [3.63, 3.8) is 0 Å². The molecule has 0 spiro atoms. The Kier molecular flexibility index (Phi) is 12.6. The molecule has 3 N–H and O–H groups in total. The molecule has 0 saturated heterocycles. The van der Waals surface area contributed by atoms with E-state index in [9.17, 15) is 14.7 Å². The highest BCUT2D eigenvalue weighted by Crippen LogP contribution is 2.44. The first-order valence-electron chi connectivity index (χ1n) is 22.6. The van der Waals surface area contributed by atoms with E-state index in [-0.39, 0.29) is 28.6 Å². The van der Waals surface area contributed by atoms with Gasteiger partial charge < -0.3 is 30.0 Å². The third kappa shape index (κ3) is 9.75. The molecule has 10 rings (SSSR count). The van der Waals surface area contributed by atoms with Crippen LogP contribution in [0.2, 0.25) is 0 Å². The molecule has 2 atom stereocenters. The van der Waals surface area contributed by atoms with E-state index in [4.69, 9.17) is 14.2 Å². The lowest BCUT2D eigenvalue weighted by Gasteiger charge is -2.22. The number of benzene rings is 2. The van der Waals surface area contributed by atoms with Gasteiger partial charge >= 0.3 is 11.9 Å². The molecule has 2 aromatic carbocycles. The third-order valence-corrected chi connectivity index (χ3v) is 14.3. The average molecular weight is 929 g/mol. The molecule has 4 aromatic heterocycles. The van der Waals surface area contributed by atoms with Crippen LogP contribution in [0.3, 0.4) is 0 Å². The van der Waals surface area contributed by atoms with Crippen LogP contribution in [-0.4, -0.2) is 69.2 Å². The number of hydrogen-bond donors (Lipinski definition) is 3. The summed E-state index contributed by atoms with van der Waals surface area (Å²) in [5, 5.41) is 18.5. The molecular formula is C50H56N8O6S2. The zero-order valence-corrected chi connectivity index (χ0v) is 40.2. The number of aromatic nitrogens is 4. The SMILES string of the molecule is CC(C)(C)COc1cc2c(cc1Nc1ncnc3sc4c(c13)CC[C@H](C(=O)O)C4)C=NC2.CCOC(=O)[C@H]1CCc2c(sc3ncnc(Nc4cc5c(cc4OCC(C)(C)C)CN=C5)c23)C1. The van der Waals surface area contributed by atoms with Crippen LogP contribution >= 0.6 is 22.7 Å². The lowest BCUT2D eigenvalue weighted by atomic mass is 9.88. The van der Waals surface area contributed by atoms with Crippen molar-refractivity contribution in [2.24, 2.45) is 32.7 Å². The second-order valence-corrected chi connectivity index (χ2v) is 21.9. The molecule has 2 aliphatic carbocycles. The van der Waals surface area contributed by atoms with Crippen molar-refractivity contribution in [2.45, 2.75) is 100 Å². The first-order valence-corrected chi connectivity index (χ1v) is 24.3. The van der Waals surface area contributed by atoms with Gasteiger partial charge in [0, 0.05) is 22.2 Å². The summed E-state index contributed by atoms with van der Waals surface area (Å²) >= 11 is 3.23. The molecular weight excluding hydrogens is 873 g/mol. The van der Waals surface area contributed by atoms with Gasteiger partial charge in [-0.05, 0) is 114 Å². The predicted octanol–water partition coefficient (Wildman–Crippen LogP) is 10.4. The zero-order valence-electron chi connectivity index (χ0n) is 38.5. The number of anilines is 4. The summed E-state index contributed by atoms with van der Waals surface area (Å²) in [6, 6.07) is 8.31. The maximum Gasteiger partial charge on any atom is 0.309 e. The standard InChI is InChI=1S/C26H30N4O3S.C24H26N4O3S/c1-5-32-25(31)15-6-7-18-21(10-15)34-24-22(18)23(28-14-29-24)30-19-8-16-11-27-12-17(16)9-20(19)33-13-26(2,3)4;1-24(2,3)11-31-18-7-15-10-25-9-14(15)6-17(18)28-21-20-16-5-4-13(23(29)30)8-19(16)32-22(20)27-12-26-21/h8-9,11,14-15H,5-7,10,12-13H2,1-4H3,(H,28,29,30);6-7,9,12-13H,4-5,8,10-11H2,1-3H3,(H,29,30)(H,26,27,28)/t15-;13-/m00/s1. The molecule has 14 nitrogen and oxygen atoms in total. The number of hydrogen-bond acceptors (Lipinski definition) is 15. The Balaban J connectivity index is 0.000000166. The van der Waals surface area contributed by atoms with Crippen molar-refractivity contribution in [2.75, 3.05) is 30.5 Å². The van der Waals surface area contributed by atoms with Gasteiger partial charge in [0.25, 0.3) is 0 Å². The first kappa shape index (κ1) is 45.2. The van der Waals surface area contributed by atoms with E-state index in [1.54, 1.807) is 35.3 Å². The number of thiophene rings is 2. The maximum atomic E-state index is 12.3. The van der Waals surface area contributed by atoms with Crippen LogP contribution in [0, 0.1) is 22.7 Å². The van der Waals surface area contributed by atoms with E-state index in [0.29, 0.717) is 52.2 Å². The molecule has 6 aromatic rings. The third-order valence-electron chi connectivity index (χ3n) is 12.0. The highest BCUT2D eigenvalue weighted by atomic mass is 32.1. The van der Waals surface area contributed by atoms with Crippen molar-refractivity contribution >= 4 is 90.5 Å². The number of rotatable bonds is 11. The number of aryl methyl sites for hydroxylation is 2. The molecule has 16 heteroatoms. The average Bonchev–Trinajstić information content (AvgIpc) is 4.09. The van der Waals surface area contributed by atoms with Crippen LogP contribution in [0.4, 0.5) is 23.0 Å². The maximum absolute atomic E-state index is 12.3. The predicted molar refractivity (Wildman–Crippen MR) is 262 cm³/mol. The minimum Gasteiger partial charge on any atom is -0.491 e. The molecule has 6 heterocycles. The summed E-state index contributed by atoms with van der Waals surface area (Å²) in [6.45, 7) is 17.7. The monoisotopic (exact) mass is 928 g/mol. The van der Waals surface area contributed by atoms with Crippen LogP contribution in [0.15, 0.2) is 46.9 Å². The van der Waals surface area contributed by atoms with Gasteiger partial charge in [-0.2, -0.15) is 0 Å². The van der Waals surface area contributed by atoms with E-state index in [1.807, 2.05) is 19.4 Å². The van der Waals surface area contributed by atoms with Crippen molar-refractivity contribution in [3.05, 3.63) is 80.1 Å². The number of nitrogens with zero attached hydrogens (tertiary/aromatic N) is 6. The molecule has 0 saturated carbocycles. The van der Waals surface area contributed by atoms with Crippen LogP contribution in [0.1, 0.15) is 104 Å². The van der Waals surface area contributed by atoms with Crippen molar-refractivity contribution in [3.8, 4) is 11.5 Å². The van der Waals surface area contributed by atoms with E-state index < -0.39 is 5.97 Å². The summed E-state index contributed by atoms with van der Waals surface area (Å²) in [7, 11) is 0. The second-order valence-electron chi connectivity index (χ2n) is 19.8. The highest BCUT2D eigenvalue weighted by molar-refractivity contribution is 7.19. The number of fused-ring (bicyclic) bond motifs is 8. The number of aliphatic carboxylic acids is 1. The minimum atomic E-state index is -0.724. The molecule has 4 aliphatic rings. The summed E-state index contributed by atoms with van der Waals surface area (Å²) in [6.07, 6.45) is 11.2. The van der Waals surface area contributed by atoms with Crippen LogP contribution in [0.25, 0.3) is 20.4 Å². The molecule has 0 radical (unpaired) electrons. The second kappa shape index (κ2) is 18.4. The summed E-state index contributed by atoms with van der Waals surface area (Å²) < 4.78 is 17.8. The van der Waals surface area contributed by atoms with E-state index in [1.165, 1.54) is 21.6 Å². The zero-order chi connectivity index (χ0) is 46.3. The highest BCUT2D eigenvalue weighted by Gasteiger charge is 2.32. The van der Waals surface area contributed by atoms with E-state index in [0.717, 1.165) is 95.8 Å². The Morgan fingerprint density at radius 1 is 0.697 bits per heavy atom. The number of nitrogens with one attached hydrogen (secondary N) is 2. The van der Waals surface area contributed by atoms with E-state index in [2.05, 4.69) is 106 Å². The number of carboxylic acid groups (broad SMARTS) is 1. The van der Waals surface area contributed by atoms with E-state index >= 15 is 0 Å². The summed E-state index contributed by atoms with van der Waals surface area (Å²) in [4.78, 5) is 54.9. The molecule has 66 heavy (non-hydrogen) atoms. The number of esters is 1. The molecule has 344 valence electrons. The molecule has 2 aliphatic heterocycles. The van der Waals surface area contributed by atoms with Crippen molar-refractivity contribution in [1.29, 1.82) is 0 Å². The number of carbonyl (C=O) groups excluding carboxylic acids is 1. The Hall–Kier alpha value is -6.00. The minimum absolute atomic E-state index is 0.0298. The van der Waals surface area contributed by atoms with Gasteiger partial charge in [-0.25, -0.2) is 19.9 Å². The molecule has 0 unspecified atom stereocenters. The van der Waals surface area contributed by atoms with Gasteiger partial charge in [-0.15, -0.1) is 22.7 Å². The fraction of sp³-hybridized carbons (Fsp3) is 0.440. The quantitative estimate of drug-likeness (QED) is 0.105. The molecule has 0 fully saturated rings. The number of aliphatic imine (C=N–C) groups is 2. The fourth-order valence-electron chi connectivity index (χ4n) is 8.64. The van der Waals surface area contributed by atoms with Gasteiger partial charge in [-0.1, -0.05) is 41.5 Å². The molecule has 0 amide bonds. The largest absolute Gasteiger partial charge is 0.491 e. The fourth-order valence-corrected chi connectivity index (χ4v) is 11.2. The smallest absolute Gasteiger partial charge is 0.309 e. The number of carboxylic acids is 1. The Morgan fingerprint density at radius 2 is 1.17 bits per heavy atom. The lowest BCUT2D eigenvalue weighted by molar-refractivity contribution is -0.148. The number of ether oxygens (including phenoxy) is 3. The van der Waals surface area contributed by atoms with Crippen LogP contribution < -0.4 is 20.1 Å².